The Morgan fingerprint density at radius 3 is 2.50 bits per heavy atom. The van der Waals surface area contributed by atoms with Gasteiger partial charge in [0.2, 0.25) is 5.91 Å². The van der Waals surface area contributed by atoms with Gasteiger partial charge < -0.3 is 5.32 Å². The molecule has 0 aliphatic rings. The highest BCUT2D eigenvalue weighted by molar-refractivity contribution is 5.76. The van der Waals surface area contributed by atoms with Gasteiger partial charge in [-0.05, 0) is 49.3 Å². The van der Waals surface area contributed by atoms with Crippen LogP contribution in [-0.4, -0.2) is 15.7 Å². The van der Waals surface area contributed by atoms with Gasteiger partial charge in [-0.2, -0.15) is 10.4 Å². The van der Waals surface area contributed by atoms with Crippen LogP contribution >= 0.6 is 0 Å². The number of nitrogens with one attached hydrogen (secondary N) is 1. The minimum absolute atomic E-state index is 0.0129. The molecule has 0 aliphatic heterocycles. The molecule has 2 aromatic rings. The van der Waals surface area contributed by atoms with Crippen molar-refractivity contribution in [1.82, 2.24) is 15.1 Å². The van der Waals surface area contributed by atoms with E-state index in [9.17, 15) is 4.79 Å². The molecule has 5 heteroatoms. The van der Waals surface area contributed by atoms with Crippen molar-refractivity contribution >= 4 is 5.91 Å². The van der Waals surface area contributed by atoms with E-state index in [0.717, 1.165) is 28.9 Å². The van der Waals surface area contributed by atoms with E-state index in [2.05, 4.69) is 61.5 Å². The average Bonchev–Trinajstić information content (AvgIpc) is 2.95. The molecule has 28 heavy (non-hydrogen) atoms. The van der Waals surface area contributed by atoms with Crippen LogP contribution in [0.25, 0.3) is 0 Å². The molecule has 150 valence electrons. The van der Waals surface area contributed by atoms with E-state index in [1.54, 1.807) is 0 Å². The van der Waals surface area contributed by atoms with Crippen LogP contribution in [0.4, 0.5) is 0 Å². The van der Waals surface area contributed by atoms with Gasteiger partial charge >= 0.3 is 0 Å². The van der Waals surface area contributed by atoms with Crippen molar-refractivity contribution in [2.75, 3.05) is 0 Å². The first-order valence-corrected chi connectivity index (χ1v) is 10.1. The zero-order chi connectivity index (χ0) is 20.7. The summed E-state index contributed by atoms with van der Waals surface area (Å²) in [5, 5.41) is 16.5. The van der Waals surface area contributed by atoms with E-state index in [1.165, 1.54) is 5.56 Å². The van der Waals surface area contributed by atoms with Gasteiger partial charge in [0, 0.05) is 12.1 Å². The van der Waals surface area contributed by atoms with Crippen LogP contribution in [0.15, 0.2) is 24.3 Å². The number of carbonyl (C=O) groups is 1. The molecule has 2 rings (SSSR count). The quantitative estimate of drug-likeness (QED) is 0.700. The third-order valence-electron chi connectivity index (χ3n) is 5.30. The van der Waals surface area contributed by atoms with Crippen LogP contribution in [-0.2, 0) is 24.2 Å². The molecular weight excluding hydrogens is 348 g/mol. The first-order chi connectivity index (χ1) is 13.4. The lowest BCUT2D eigenvalue weighted by Gasteiger charge is -2.23. The standard InChI is InChI=1S/C23H32N4O/c1-6-19-8-10-20(11-9-19)23(16(2)3)25-22(28)13-12-21-17(4)26-27(18(21)5)15-7-14-24/h8-11,16,23H,6-7,12-13,15H2,1-5H3,(H,25,28). The third-order valence-corrected chi connectivity index (χ3v) is 5.30. The molecular formula is C23H32N4O. The van der Waals surface area contributed by atoms with Crippen molar-refractivity contribution in [3.63, 3.8) is 0 Å². The molecule has 1 aromatic heterocycles. The molecule has 1 amide bonds. The number of rotatable bonds is 9. The second kappa shape index (κ2) is 10.1. The summed E-state index contributed by atoms with van der Waals surface area (Å²) < 4.78 is 1.87. The Hall–Kier alpha value is -2.61. The predicted octanol–water partition coefficient (Wildman–Crippen LogP) is 4.42. The van der Waals surface area contributed by atoms with Crippen LogP contribution in [0.5, 0.6) is 0 Å². The van der Waals surface area contributed by atoms with E-state index < -0.39 is 0 Å². The van der Waals surface area contributed by atoms with Crippen molar-refractivity contribution in [1.29, 1.82) is 5.26 Å². The van der Waals surface area contributed by atoms with Gasteiger partial charge in [0.1, 0.15) is 0 Å². The van der Waals surface area contributed by atoms with E-state index in [0.29, 0.717) is 31.7 Å². The van der Waals surface area contributed by atoms with Gasteiger partial charge in [-0.3, -0.25) is 9.48 Å². The van der Waals surface area contributed by atoms with Crippen LogP contribution in [0.1, 0.15) is 67.7 Å². The van der Waals surface area contributed by atoms with Crippen molar-refractivity contribution in [3.05, 3.63) is 52.3 Å². The molecule has 0 saturated carbocycles. The van der Waals surface area contributed by atoms with E-state index in [1.807, 2.05) is 18.5 Å². The van der Waals surface area contributed by atoms with Crippen LogP contribution < -0.4 is 5.32 Å². The fraction of sp³-hybridized carbons (Fsp3) is 0.522. The fourth-order valence-electron chi connectivity index (χ4n) is 3.55. The van der Waals surface area contributed by atoms with Gasteiger partial charge in [-0.15, -0.1) is 0 Å². The topological polar surface area (TPSA) is 70.7 Å². The summed E-state index contributed by atoms with van der Waals surface area (Å²) in [6.45, 7) is 11.0. The molecule has 0 spiro atoms. The molecule has 1 heterocycles. The normalized spacial score (nSPS) is 12.0. The Morgan fingerprint density at radius 1 is 1.25 bits per heavy atom. The zero-order valence-corrected chi connectivity index (χ0v) is 17.7. The number of aryl methyl sites for hydroxylation is 3. The highest BCUT2D eigenvalue weighted by atomic mass is 16.1. The number of nitriles is 1. The molecule has 1 aromatic carbocycles. The maximum absolute atomic E-state index is 12.6. The fourth-order valence-corrected chi connectivity index (χ4v) is 3.55. The summed E-state index contributed by atoms with van der Waals surface area (Å²) in [4.78, 5) is 12.6. The lowest BCUT2D eigenvalue weighted by molar-refractivity contribution is -0.122. The van der Waals surface area contributed by atoms with Gasteiger partial charge in [0.15, 0.2) is 0 Å². The summed E-state index contributed by atoms with van der Waals surface area (Å²) in [6.07, 6.45) is 2.55. The van der Waals surface area contributed by atoms with Crippen molar-refractivity contribution < 1.29 is 4.79 Å². The Balaban J connectivity index is 2.02. The molecule has 1 atom stereocenters. The van der Waals surface area contributed by atoms with Crippen molar-refractivity contribution in [3.8, 4) is 6.07 Å². The highest BCUT2D eigenvalue weighted by Gasteiger charge is 2.19. The lowest BCUT2D eigenvalue weighted by Crippen LogP contribution is -2.32. The van der Waals surface area contributed by atoms with Crippen LogP contribution in [0.3, 0.4) is 0 Å². The van der Waals surface area contributed by atoms with E-state index >= 15 is 0 Å². The van der Waals surface area contributed by atoms with E-state index in [-0.39, 0.29) is 11.9 Å². The summed E-state index contributed by atoms with van der Waals surface area (Å²) in [5.74, 6) is 0.371. The number of hydrogen-bond acceptors (Lipinski definition) is 3. The summed E-state index contributed by atoms with van der Waals surface area (Å²) in [6, 6.07) is 10.7. The minimum atomic E-state index is 0.0129. The van der Waals surface area contributed by atoms with Crippen molar-refractivity contribution in [2.45, 2.75) is 72.9 Å². The molecule has 0 saturated heterocycles. The largest absolute Gasteiger partial charge is 0.349 e. The number of benzene rings is 1. The van der Waals surface area contributed by atoms with Gasteiger partial charge in [-0.25, -0.2) is 0 Å². The Kier molecular flexibility index (Phi) is 7.80. The Morgan fingerprint density at radius 2 is 1.93 bits per heavy atom. The zero-order valence-electron chi connectivity index (χ0n) is 17.7. The molecule has 0 radical (unpaired) electrons. The Bertz CT molecular complexity index is 828. The molecule has 1 unspecified atom stereocenters. The number of amides is 1. The third kappa shape index (κ3) is 5.45. The average molecular weight is 381 g/mol. The van der Waals surface area contributed by atoms with Gasteiger partial charge in [0.25, 0.3) is 0 Å². The summed E-state index contributed by atoms with van der Waals surface area (Å²) >= 11 is 0. The summed E-state index contributed by atoms with van der Waals surface area (Å²) in [5.41, 5.74) is 5.56. The maximum atomic E-state index is 12.6. The molecule has 0 bridgehead atoms. The van der Waals surface area contributed by atoms with E-state index in [4.69, 9.17) is 5.26 Å². The number of carbonyl (C=O) groups excluding carboxylic acids is 1. The lowest BCUT2D eigenvalue weighted by atomic mass is 9.94. The monoisotopic (exact) mass is 380 g/mol. The SMILES string of the molecule is CCc1ccc(C(NC(=O)CCc2c(C)nn(CCC#N)c2C)C(C)C)cc1. The highest BCUT2D eigenvalue weighted by Crippen LogP contribution is 2.23. The number of nitrogens with zero attached hydrogens (tertiary/aromatic N) is 3. The first kappa shape index (κ1) is 21.7. The molecule has 5 nitrogen and oxygen atoms in total. The van der Waals surface area contributed by atoms with Crippen LogP contribution in [0.2, 0.25) is 0 Å². The first-order valence-electron chi connectivity index (χ1n) is 10.1. The van der Waals surface area contributed by atoms with Gasteiger partial charge in [-0.1, -0.05) is 45.0 Å². The molecule has 1 N–H and O–H groups in total. The Labute approximate surface area is 168 Å². The molecule has 0 aliphatic carbocycles. The molecule has 0 fully saturated rings. The smallest absolute Gasteiger partial charge is 0.220 e. The number of aromatic nitrogens is 2. The van der Waals surface area contributed by atoms with Gasteiger partial charge in [0.05, 0.1) is 30.8 Å². The number of hydrogen-bond donors (Lipinski definition) is 1. The summed E-state index contributed by atoms with van der Waals surface area (Å²) in [7, 11) is 0. The minimum Gasteiger partial charge on any atom is -0.349 e. The maximum Gasteiger partial charge on any atom is 0.220 e. The van der Waals surface area contributed by atoms with Crippen molar-refractivity contribution in [2.24, 2.45) is 5.92 Å². The second-order valence-corrected chi connectivity index (χ2v) is 7.66. The second-order valence-electron chi connectivity index (χ2n) is 7.66. The predicted molar refractivity (Wildman–Crippen MR) is 112 cm³/mol. The van der Waals surface area contributed by atoms with Crippen LogP contribution in [0, 0.1) is 31.1 Å².